The largest absolute Gasteiger partial charge is 0.509 e. The van der Waals surface area contributed by atoms with Crippen molar-refractivity contribution in [2.75, 3.05) is 9.80 Å². The van der Waals surface area contributed by atoms with Crippen molar-refractivity contribution in [3.8, 4) is 61.8 Å². The van der Waals surface area contributed by atoms with Crippen molar-refractivity contribution in [2.45, 2.75) is 64.6 Å². The summed E-state index contributed by atoms with van der Waals surface area (Å²) in [5.41, 5.74) is 20.3. The zero-order valence-electron chi connectivity index (χ0n) is 53.1. The molecule has 3 aliphatic rings. The van der Waals surface area contributed by atoms with Gasteiger partial charge in [-0.3, -0.25) is 0 Å². The van der Waals surface area contributed by atoms with E-state index in [4.69, 9.17) is 14.3 Å². The summed E-state index contributed by atoms with van der Waals surface area (Å²) < 4.78 is 68.1. The number of anilines is 4. The molecule has 2 aromatic heterocycles. The quantitative estimate of drug-likeness (QED) is 0.149. The van der Waals surface area contributed by atoms with E-state index in [1.165, 1.54) is 78.5 Å². The van der Waals surface area contributed by atoms with Crippen LogP contribution in [0.15, 0.2) is 224 Å². The van der Waals surface area contributed by atoms with Crippen LogP contribution < -0.4 is 14.5 Å². The van der Waals surface area contributed by atoms with Crippen molar-refractivity contribution in [2.24, 2.45) is 0 Å². The average Bonchev–Trinajstić information content (AvgIpc) is 1.51. The molecule has 0 amide bonds. The van der Waals surface area contributed by atoms with Crippen molar-refractivity contribution in [3.63, 3.8) is 0 Å². The van der Waals surface area contributed by atoms with Gasteiger partial charge in [-0.05, 0) is 126 Å². The number of aromatic nitrogens is 2. The van der Waals surface area contributed by atoms with Crippen LogP contribution in [0.5, 0.6) is 11.5 Å². The first kappa shape index (κ1) is 44.0. The maximum Gasteiger partial charge on any atom is 0.135 e. The standard InChI is InChI=1S/C76H59N4O.Pt/c1-48-39-40-77-71(41-48)80-67-34-15-11-25-58(67)59-38-37-54(46-70(59)80)81-53-22-18-21-52(45-53)78-47-79(69-36-17-16-35-68(69)78)73-55(49-42-50(74(2,3)4)44-51(43-49)75(5,6)7)27-19-29-61(73)60-28-20-33-66-72(60)62-26-10-14-32-65(62)76(66)63-30-12-8-23-56(63)57-24-9-13-31-64(57)76;/h8-44,47H,1-7H3;/q-3;/i1D3,11D,15D,25D,34D;. The number of rotatable bonds is 7. The van der Waals surface area contributed by atoms with Crippen LogP contribution in [0.2, 0.25) is 0 Å². The minimum absolute atomic E-state index is 0. The van der Waals surface area contributed by atoms with E-state index in [1.807, 2.05) is 18.2 Å². The molecule has 0 fully saturated rings. The van der Waals surface area contributed by atoms with Gasteiger partial charge in [-0.25, -0.2) is 4.98 Å². The van der Waals surface area contributed by atoms with Crippen molar-refractivity contribution in [1.82, 2.24) is 9.55 Å². The second-order valence-corrected chi connectivity index (χ2v) is 23.5. The molecule has 1 spiro atoms. The average molecular weight is 1250 g/mol. The predicted molar refractivity (Wildman–Crippen MR) is 334 cm³/mol. The van der Waals surface area contributed by atoms with E-state index < -0.39 is 18.3 Å². The van der Waals surface area contributed by atoms with Gasteiger partial charge in [0.15, 0.2) is 0 Å². The van der Waals surface area contributed by atoms with Gasteiger partial charge in [0.1, 0.15) is 5.82 Å². The molecule has 3 heterocycles. The first-order chi connectivity index (χ1) is 42.2. The Labute approximate surface area is 505 Å². The fourth-order valence-electron chi connectivity index (χ4n) is 13.0. The van der Waals surface area contributed by atoms with Gasteiger partial charge in [0.05, 0.1) is 10.9 Å². The second-order valence-electron chi connectivity index (χ2n) is 23.5. The predicted octanol–water partition coefficient (Wildman–Crippen LogP) is 19.6. The third-order valence-corrected chi connectivity index (χ3v) is 16.7. The van der Waals surface area contributed by atoms with Crippen LogP contribution >= 0.6 is 0 Å². The number of aryl methyl sites for hydroxylation is 1. The maximum absolute atomic E-state index is 9.08. The van der Waals surface area contributed by atoms with Gasteiger partial charge in [-0.15, -0.1) is 48.1 Å². The molecule has 6 heteroatoms. The topological polar surface area (TPSA) is 33.5 Å². The van der Waals surface area contributed by atoms with Gasteiger partial charge in [-0.2, -0.15) is 12.1 Å². The molecule has 0 N–H and O–H groups in total. The van der Waals surface area contributed by atoms with Gasteiger partial charge < -0.3 is 19.1 Å². The summed E-state index contributed by atoms with van der Waals surface area (Å²) in [6.07, 6.45) is 1.39. The van der Waals surface area contributed by atoms with Gasteiger partial charge >= 0.3 is 0 Å². The first-order valence-electron chi connectivity index (χ1n) is 31.1. The Morgan fingerprint density at radius 3 is 1.84 bits per heavy atom. The van der Waals surface area contributed by atoms with Crippen LogP contribution in [0.1, 0.15) is 90.1 Å². The summed E-state index contributed by atoms with van der Waals surface area (Å²) in [5.74, 6) is 0.809. The smallest absolute Gasteiger partial charge is 0.135 e. The normalized spacial score (nSPS) is 15.1. The summed E-state index contributed by atoms with van der Waals surface area (Å²) in [7, 11) is 0. The number of nitrogens with zero attached hydrogens (tertiary/aromatic N) is 4. The zero-order valence-corrected chi connectivity index (χ0v) is 48.4. The Hall–Kier alpha value is -8.76. The van der Waals surface area contributed by atoms with Crippen LogP contribution in [0.4, 0.5) is 22.7 Å². The molecule has 5 nitrogen and oxygen atoms in total. The molecule has 0 saturated heterocycles. The summed E-state index contributed by atoms with van der Waals surface area (Å²) in [4.78, 5) is 9.04. The molecule has 0 radical (unpaired) electrons. The monoisotopic (exact) mass is 1250 g/mol. The molecular weight excluding hydrogens is 1180 g/mol. The van der Waals surface area contributed by atoms with E-state index in [1.54, 1.807) is 12.1 Å². The third-order valence-electron chi connectivity index (χ3n) is 16.7. The Kier molecular flexibility index (Phi) is 10.3. The van der Waals surface area contributed by atoms with Crippen LogP contribution in [-0.4, -0.2) is 9.55 Å². The number of hydrogen-bond donors (Lipinski definition) is 0. The van der Waals surface area contributed by atoms with E-state index in [-0.39, 0.29) is 78.1 Å². The van der Waals surface area contributed by atoms with Crippen molar-refractivity contribution < 1.29 is 35.4 Å². The molecule has 12 aromatic rings. The number of fused-ring (bicyclic) bond motifs is 14. The summed E-state index contributed by atoms with van der Waals surface area (Å²) in [6.45, 7) is 13.4. The zero-order chi connectivity index (χ0) is 60.9. The molecule has 1 aliphatic heterocycles. The van der Waals surface area contributed by atoms with Crippen molar-refractivity contribution >= 4 is 44.6 Å². The SMILES string of the molecule is [2H]c1c([2H])c([2H])c2c(c1[2H])c1ccc(Oc3[c-]c(N4[CH-]N(c5c(-c6cc(C(C)(C)C)cc(C(C)(C)C)c6)cccc5-c5cccc6c5-c5ccccc5C65c6ccccc6-c6ccccc65)c5ccccc54)ccc3)[c-]c1n2-c1cc(C([2H])([2H])[2H])ccn1.[Pt]. The summed E-state index contributed by atoms with van der Waals surface area (Å²) >= 11 is 0. The molecule has 402 valence electrons. The number of benzene rings is 10. The second kappa shape index (κ2) is 19.2. The molecular formula is C76H59N4OPt-3. The van der Waals surface area contributed by atoms with Crippen molar-refractivity contribution in [3.05, 3.63) is 282 Å². The molecule has 2 aliphatic carbocycles. The Morgan fingerprint density at radius 1 is 0.537 bits per heavy atom. The van der Waals surface area contributed by atoms with E-state index in [0.717, 1.165) is 39.3 Å². The fourth-order valence-corrected chi connectivity index (χ4v) is 13.0. The molecule has 82 heavy (non-hydrogen) atoms. The Bertz CT molecular complexity index is 4840. The Morgan fingerprint density at radius 2 is 1.12 bits per heavy atom. The van der Waals surface area contributed by atoms with Gasteiger partial charge in [0.2, 0.25) is 0 Å². The molecule has 10 aromatic carbocycles. The van der Waals surface area contributed by atoms with Crippen LogP contribution in [-0.2, 0) is 37.3 Å². The van der Waals surface area contributed by atoms with Gasteiger partial charge in [0.25, 0.3) is 0 Å². The maximum atomic E-state index is 9.08. The molecule has 0 unspecified atom stereocenters. The minimum atomic E-state index is -2.46. The number of hydrogen-bond acceptors (Lipinski definition) is 4. The van der Waals surface area contributed by atoms with Crippen LogP contribution in [0.3, 0.4) is 0 Å². The van der Waals surface area contributed by atoms with Crippen LogP contribution in [0, 0.1) is 25.7 Å². The van der Waals surface area contributed by atoms with Gasteiger partial charge in [-0.1, -0.05) is 205 Å². The number of ether oxygens (including phenoxy) is 1. The summed E-state index contributed by atoms with van der Waals surface area (Å²) in [5, 5.41) is 0.720. The minimum Gasteiger partial charge on any atom is -0.509 e. The third kappa shape index (κ3) is 7.88. The van der Waals surface area contributed by atoms with E-state index in [2.05, 4.69) is 227 Å². The number of para-hydroxylation sites is 4. The summed E-state index contributed by atoms with van der Waals surface area (Å²) in [6, 6.07) is 73.8. The molecule has 15 rings (SSSR count). The first-order valence-corrected chi connectivity index (χ1v) is 27.6. The van der Waals surface area contributed by atoms with E-state index in [0.29, 0.717) is 22.3 Å². The van der Waals surface area contributed by atoms with E-state index >= 15 is 0 Å². The fraction of sp³-hybridized carbons (Fsp3) is 0.132. The molecule has 0 bridgehead atoms. The van der Waals surface area contributed by atoms with E-state index in [9.17, 15) is 0 Å². The van der Waals surface area contributed by atoms with Gasteiger partial charge in [0, 0.05) is 76.6 Å². The van der Waals surface area contributed by atoms with Crippen molar-refractivity contribution in [1.29, 1.82) is 0 Å². The number of pyridine rings is 1. The molecule has 0 atom stereocenters. The molecule has 0 saturated carbocycles. The Balaban J connectivity index is 0.00000694. The van der Waals surface area contributed by atoms with Crippen LogP contribution in [0.25, 0.3) is 72.1 Å².